The molecule has 30 heavy (non-hydrogen) atoms. The third-order valence-corrected chi connectivity index (χ3v) is 7.12. The van der Waals surface area contributed by atoms with Crippen molar-refractivity contribution in [2.45, 2.75) is 85.1 Å². The fourth-order valence-corrected chi connectivity index (χ4v) is 5.10. The smallest absolute Gasteiger partial charge is 0.175 e. The van der Waals surface area contributed by atoms with Gasteiger partial charge >= 0.3 is 0 Å². The van der Waals surface area contributed by atoms with Gasteiger partial charge in [0.1, 0.15) is 0 Å². The van der Waals surface area contributed by atoms with Crippen LogP contribution in [0.4, 0.5) is 0 Å². The van der Waals surface area contributed by atoms with Crippen LogP contribution < -0.4 is 0 Å². The zero-order valence-corrected chi connectivity index (χ0v) is 20.1. The van der Waals surface area contributed by atoms with Gasteiger partial charge in [0.05, 0.1) is 18.8 Å². The first-order chi connectivity index (χ1) is 14.3. The van der Waals surface area contributed by atoms with Crippen LogP contribution in [0.25, 0.3) is 0 Å². The molecular weight excluding hydrogens is 370 g/mol. The second kappa shape index (κ2) is 11.2. The van der Waals surface area contributed by atoms with Gasteiger partial charge in [-0.05, 0) is 52.5 Å². The van der Waals surface area contributed by atoms with Crippen molar-refractivity contribution in [2.24, 2.45) is 5.41 Å². The standard InChI is InChI=1S/C27H43NO2/c1-7-10-15-27(14-8-2)22(4)20-23(21-24(27)9-3)12-11-13-25(29)26(5,6)28-16-18-30-19-17-28/h9,11-13H,4,7-8,10,14-21H2,1-3,5-6H3/b13-11+,23-12+,24-9+. The second-order valence-electron chi connectivity index (χ2n) is 9.41. The van der Waals surface area contributed by atoms with Crippen molar-refractivity contribution in [1.82, 2.24) is 4.90 Å². The molecule has 0 amide bonds. The van der Waals surface area contributed by atoms with E-state index in [1.165, 1.54) is 48.8 Å². The summed E-state index contributed by atoms with van der Waals surface area (Å²) in [5.41, 5.74) is 3.93. The third-order valence-electron chi connectivity index (χ3n) is 7.12. The molecule has 0 N–H and O–H groups in total. The fourth-order valence-electron chi connectivity index (χ4n) is 5.10. The molecule has 0 spiro atoms. The molecule has 1 aliphatic heterocycles. The molecule has 1 saturated carbocycles. The average Bonchev–Trinajstić information content (AvgIpc) is 2.74. The van der Waals surface area contributed by atoms with E-state index < -0.39 is 5.54 Å². The van der Waals surface area contributed by atoms with E-state index in [0.29, 0.717) is 13.2 Å². The molecule has 0 aromatic heterocycles. The van der Waals surface area contributed by atoms with Gasteiger partial charge in [0, 0.05) is 18.5 Å². The summed E-state index contributed by atoms with van der Waals surface area (Å²) < 4.78 is 5.43. The van der Waals surface area contributed by atoms with Gasteiger partial charge in [0.25, 0.3) is 0 Å². The Morgan fingerprint density at radius 1 is 1.17 bits per heavy atom. The van der Waals surface area contributed by atoms with E-state index in [1.807, 2.05) is 19.9 Å². The highest BCUT2D eigenvalue weighted by molar-refractivity contribution is 5.97. The maximum Gasteiger partial charge on any atom is 0.175 e. The molecule has 2 fully saturated rings. The Morgan fingerprint density at radius 3 is 2.47 bits per heavy atom. The van der Waals surface area contributed by atoms with Gasteiger partial charge in [0.2, 0.25) is 0 Å². The van der Waals surface area contributed by atoms with Crippen LogP contribution in [0.15, 0.2) is 47.6 Å². The number of ether oxygens (including phenoxy) is 1. The zero-order chi connectivity index (χ0) is 22.2. The van der Waals surface area contributed by atoms with Crippen LogP contribution in [0.5, 0.6) is 0 Å². The number of carbonyl (C=O) groups excluding carboxylic acids is 1. The monoisotopic (exact) mass is 413 g/mol. The van der Waals surface area contributed by atoms with E-state index in [2.05, 4.69) is 44.4 Å². The summed E-state index contributed by atoms with van der Waals surface area (Å²) in [7, 11) is 0. The summed E-state index contributed by atoms with van der Waals surface area (Å²) in [6.45, 7) is 18.3. The minimum atomic E-state index is -0.486. The molecule has 1 saturated heterocycles. The Labute approximate surface area is 184 Å². The number of unbranched alkanes of at least 4 members (excludes halogenated alkanes) is 1. The molecule has 1 aliphatic carbocycles. The van der Waals surface area contributed by atoms with Crippen LogP contribution in [-0.4, -0.2) is 42.5 Å². The van der Waals surface area contributed by atoms with Crippen LogP contribution in [0.3, 0.4) is 0 Å². The Balaban J connectivity index is 2.11. The molecule has 1 unspecified atom stereocenters. The van der Waals surface area contributed by atoms with Crippen molar-refractivity contribution in [3.05, 3.63) is 47.6 Å². The predicted octanol–water partition coefficient (Wildman–Crippen LogP) is 6.42. The fraction of sp³-hybridized carbons (Fsp3) is 0.667. The number of hydrogen-bond acceptors (Lipinski definition) is 3. The largest absolute Gasteiger partial charge is 0.379 e. The van der Waals surface area contributed by atoms with Gasteiger partial charge in [-0.2, -0.15) is 0 Å². The highest BCUT2D eigenvalue weighted by Gasteiger charge is 2.38. The highest BCUT2D eigenvalue weighted by atomic mass is 16.5. The highest BCUT2D eigenvalue weighted by Crippen LogP contribution is 2.52. The number of carbonyl (C=O) groups is 1. The first-order valence-electron chi connectivity index (χ1n) is 11.9. The molecule has 2 rings (SSSR count). The SMILES string of the molecule is C=C1C/C(=C\C=C\C(=O)C(C)(C)N2CCOCC2)C/C(=C\C)C1(CCC)CCCC. The lowest BCUT2D eigenvalue weighted by Crippen LogP contribution is -2.53. The van der Waals surface area contributed by atoms with E-state index in [1.54, 1.807) is 6.08 Å². The van der Waals surface area contributed by atoms with Crippen LogP contribution in [0.2, 0.25) is 0 Å². The predicted molar refractivity (Wildman–Crippen MR) is 128 cm³/mol. The van der Waals surface area contributed by atoms with E-state index in [0.717, 1.165) is 25.9 Å². The van der Waals surface area contributed by atoms with E-state index in [-0.39, 0.29) is 11.2 Å². The van der Waals surface area contributed by atoms with Crippen LogP contribution in [-0.2, 0) is 9.53 Å². The normalized spacial score (nSPS) is 26.8. The Morgan fingerprint density at radius 2 is 1.87 bits per heavy atom. The molecule has 0 radical (unpaired) electrons. The van der Waals surface area contributed by atoms with Crippen molar-refractivity contribution >= 4 is 5.78 Å². The first-order valence-corrected chi connectivity index (χ1v) is 11.9. The van der Waals surface area contributed by atoms with Crippen molar-refractivity contribution < 1.29 is 9.53 Å². The van der Waals surface area contributed by atoms with Crippen LogP contribution in [0, 0.1) is 5.41 Å². The minimum Gasteiger partial charge on any atom is -0.379 e. The van der Waals surface area contributed by atoms with E-state index in [9.17, 15) is 4.79 Å². The lowest BCUT2D eigenvalue weighted by molar-refractivity contribution is -0.127. The Hall–Kier alpha value is -1.45. The maximum absolute atomic E-state index is 12.9. The summed E-state index contributed by atoms with van der Waals surface area (Å²) >= 11 is 0. The Kier molecular flexibility index (Phi) is 9.31. The molecule has 1 heterocycles. The molecule has 3 heteroatoms. The minimum absolute atomic E-state index is 0.158. The summed E-state index contributed by atoms with van der Waals surface area (Å²) in [6, 6.07) is 0. The van der Waals surface area contributed by atoms with Gasteiger partial charge in [-0.15, -0.1) is 0 Å². The molecule has 2 aliphatic rings. The summed E-state index contributed by atoms with van der Waals surface area (Å²) in [4.78, 5) is 15.1. The van der Waals surface area contributed by atoms with Crippen molar-refractivity contribution in [3.8, 4) is 0 Å². The number of nitrogens with zero attached hydrogens (tertiary/aromatic N) is 1. The lowest BCUT2D eigenvalue weighted by atomic mass is 9.61. The quantitative estimate of drug-likeness (QED) is 0.322. The van der Waals surface area contributed by atoms with Crippen molar-refractivity contribution in [1.29, 1.82) is 0 Å². The molecule has 1 atom stereocenters. The van der Waals surface area contributed by atoms with Crippen LogP contribution in [0.1, 0.15) is 79.6 Å². The molecule has 0 aromatic carbocycles. The maximum atomic E-state index is 12.9. The summed E-state index contributed by atoms with van der Waals surface area (Å²) in [5, 5.41) is 0. The number of rotatable bonds is 9. The molecular formula is C27H43NO2. The van der Waals surface area contributed by atoms with Gasteiger partial charge in [-0.25, -0.2) is 0 Å². The molecule has 0 aromatic rings. The van der Waals surface area contributed by atoms with Gasteiger partial charge in [-0.3, -0.25) is 9.69 Å². The molecule has 3 nitrogen and oxygen atoms in total. The van der Waals surface area contributed by atoms with Gasteiger partial charge in [-0.1, -0.05) is 74.6 Å². The molecule has 168 valence electrons. The number of morpholine rings is 1. The number of allylic oxidation sites excluding steroid dienone is 6. The van der Waals surface area contributed by atoms with Gasteiger partial charge in [0.15, 0.2) is 5.78 Å². The lowest BCUT2D eigenvalue weighted by Gasteiger charge is -2.43. The third kappa shape index (κ3) is 5.62. The molecule has 0 bridgehead atoms. The van der Waals surface area contributed by atoms with E-state index in [4.69, 9.17) is 4.74 Å². The van der Waals surface area contributed by atoms with Crippen molar-refractivity contribution in [3.63, 3.8) is 0 Å². The van der Waals surface area contributed by atoms with Gasteiger partial charge < -0.3 is 4.74 Å². The number of ketones is 1. The summed E-state index contributed by atoms with van der Waals surface area (Å²) in [6.07, 6.45) is 16.2. The number of hydrogen-bond donors (Lipinski definition) is 0. The Bertz CT molecular complexity index is 692. The first kappa shape index (κ1) is 24.8. The summed E-state index contributed by atoms with van der Waals surface area (Å²) in [5.74, 6) is 0.158. The topological polar surface area (TPSA) is 29.5 Å². The van der Waals surface area contributed by atoms with Crippen LogP contribution >= 0.6 is 0 Å². The average molecular weight is 414 g/mol. The van der Waals surface area contributed by atoms with E-state index >= 15 is 0 Å². The van der Waals surface area contributed by atoms with Crippen molar-refractivity contribution in [2.75, 3.05) is 26.3 Å². The second-order valence-corrected chi connectivity index (χ2v) is 9.41. The zero-order valence-electron chi connectivity index (χ0n) is 20.1.